The Morgan fingerprint density at radius 3 is 0.553 bits per heavy atom. The Balaban J connectivity index is 2.41. The van der Waals surface area contributed by atoms with Gasteiger partial charge in [-0.25, -0.2) is 87.8 Å². The first-order chi connectivity index (χ1) is 21.6. The van der Waals surface area contributed by atoms with Crippen LogP contribution < -0.4 is 20.3 Å². The quantitative estimate of drug-likeness (QED) is 0.0948. The monoisotopic (exact) mass is 726 g/mol. The van der Waals surface area contributed by atoms with E-state index in [0.29, 0.717) is 9.96 Å². The standard InChI is InChI=1S/C24H2F20N2Si/c25-1-5(29)13(37)21(14(38)6(1)30)45-47(23-17(41)9(33)3(27)10(34)18(23)42,24-19(43)11(35)4(28)12(36)20(24)44)46-22-15(39)7(31)2(26)8(32)16(22)40/h45-46H. The van der Waals surface area contributed by atoms with Gasteiger partial charge in [0.15, 0.2) is 93.1 Å². The zero-order valence-corrected chi connectivity index (χ0v) is 22.1. The smallest absolute Gasteiger partial charge is 0.338 e. The fourth-order valence-corrected chi connectivity index (χ4v) is 7.84. The van der Waals surface area contributed by atoms with E-state index in [1.165, 1.54) is 0 Å². The summed E-state index contributed by atoms with van der Waals surface area (Å²) in [6.07, 6.45) is 0. The van der Waals surface area contributed by atoms with Gasteiger partial charge in [-0.3, -0.25) is 0 Å². The summed E-state index contributed by atoms with van der Waals surface area (Å²) in [6, 6.07) is 0. The number of hydrogen-bond donors (Lipinski definition) is 2. The van der Waals surface area contributed by atoms with Crippen molar-refractivity contribution in [1.82, 2.24) is 0 Å². The number of hydrogen-bond acceptors (Lipinski definition) is 2. The van der Waals surface area contributed by atoms with Crippen molar-refractivity contribution in [3.63, 3.8) is 0 Å². The van der Waals surface area contributed by atoms with Gasteiger partial charge in [0.2, 0.25) is 23.3 Å². The third-order valence-electron chi connectivity index (χ3n) is 6.21. The lowest BCUT2D eigenvalue weighted by Gasteiger charge is -2.36. The molecule has 0 atom stereocenters. The molecule has 0 bridgehead atoms. The third kappa shape index (κ3) is 4.97. The largest absolute Gasteiger partial charge is 0.382 e. The lowest BCUT2D eigenvalue weighted by Crippen LogP contribution is -2.75. The van der Waals surface area contributed by atoms with Crippen LogP contribution in [0.15, 0.2) is 0 Å². The second-order valence-electron chi connectivity index (χ2n) is 8.78. The fraction of sp³-hybridized carbons (Fsp3) is 0. The van der Waals surface area contributed by atoms with Crippen LogP contribution in [0.25, 0.3) is 0 Å². The molecule has 0 unspecified atom stereocenters. The van der Waals surface area contributed by atoms with Crippen molar-refractivity contribution in [2.24, 2.45) is 0 Å². The van der Waals surface area contributed by atoms with Gasteiger partial charge in [-0.15, -0.1) is 0 Å². The molecule has 23 heteroatoms. The van der Waals surface area contributed by atoms with Crippen molar-refractivity contribution in [2.45, 2.75) is 0 Å². The Morgan fingerprint density at radius 1 is 0.213 bits per heavy atom. The normalized spacial score (nSPS) is 11.8. The molecule has 4 aromatic rings. The molecule has 0 aromatic heterocycles. The lowest BCUT2D eigenvalue weighted by molar-refractivity contribution is 0.380. The minimum atomic E-state index is -7.80. The molecule has 4 aromatic carbocycles. The average molecular weight is 726 g/mol. The van der Waals surface area contributed by atoms with Crippen LogP contribution in [0.4, 0.5) is 99.2 Å². The van der Waals surface area contributed by atoms with Crippen molar-refractivity contribution in [2.75, 3.05) is 9.96 Å². The fourth-order valence-electron chi connectivity index (χ4n) is 4.08. The highest BCUT2D eigenvalue weighted by atomic mass is 28.3. The van der Waals surface area contributed by atoms with Gasteiger partial charge in [-0.1, -0.05) is 0 Å². The van der Waals surface area contributed by atoms with E-state index in [1.807, 2.05) is 0 Å². The maximum Gasteiger partial charge on any atom is 0.338 e. The molecule has 0 aliphatic rings. The molecule has 0 radical (unpaired) electrons. The minimum absolute atomic E-state index is 0.626. The molecule has 0 saturated heterocycles. The van der Waals surface area contributed by atoms with Crippen LogP contribution in [0.3, 0.4) is 0 Å². The highest BCUT2D eigenvalue weighted by molar-refractivity contribution is 7.06. The van der Waals surface area contributed by atoms with Gasteiger partial charge in [0.25, 0.3) is 0 Å². The highest BCUT2D eigenvalue weighted by Crippen LogP contribution is 2.34. The van der Waals surface area contributed by atoms with Crippen LogP contribution >= 0.6 is 0 Å². The Hall–Kier alpha value is -4.70. The molecule has 0 spiro atoms. The Kier molecular flexibility index (Phi) is 8.85. The number of rotatable bonds is 6. The zero-order valence-electron chi connectivity index (χ0n) is 21.1. The van der Waals surface area contributed by atoms with Crippen molar-refractivity contribution < 1.29 is 87.8 Å². The van der Waals surface area contributed by atoms with Crippen molar-refractivity contribution >= 4 is 30.1 Å². The highest BCUT2D eigenvalue weighted by Gasteiger charge is 2.54. The van der Waals surface area contributed by atoms with E-state index in [4.69, 9.17) is 0 Å². The molecule has 0 fully saturated rings. The summed E-state index contributed by atoms with van der Waals surface area (Å²) in [7, 11) is -7.80. The molecule has 2 N–H and O–H groups in total. The topological polar surface area (TPSA) is 24.1 Å². The number of benzene rings is 4. The van der Waals surface area contributed by atoms with Gasteiger partial charge in [-0.05, 0) is 0 Å². The van der Waals surface area contributed by atoms with E-state index in [0.717, 1.165) is 0 Å². The summed E-state index contributed by atoms with van der Waals surface area (Å²) in [5.41, 5.74) is -5.78. The van der Waals surface area contributed by atoms with E-state index in [2.05, 4.69) is 0 Å². The van der Waals surface area contributed by atoms with Crippen LogP contribution in [0, 0.1) is 116 Å². The van der Waals surface area contributed by atoms with Crippen LogP contribution in [0.5, 0.6) is 0 Å². The number of anilines is 2. The summed E-state index contributed by atoms with van der Waals surface area (Å²) in [5.74, 6) is -65.3. The van der Waals surface area contributed by atoms with E-state index in [-0.39, 0.29) is 0 Å². The molecule has 0 heterocycles. The Morgan fingerprint density at radius 2 is 0.362 bits per heavy atom. The van der Waals surface area contributed by atoms with Crippen LogP contribution in [0.2, 0.25) is 0 Å². The maximum atomic E-state index is 15.3. The first-order valence-electron chi connectivity index (χ1n) is 11.3. The predicted octanol–water partition coefficient (Wildman–Crippen LogP) is 7.25. The molecule has 47 heavy (non-hydrogen) atoms. The van der Waals surface area contributed by atoms with Gasteiger partial charge < -0.3 is 9.96 Å². The van der Waals surface area contributed by atoms with Gasteiger partial charge >= 0.3 is 8.40 Å². The van der Waals surface area contributed by atoms with E-state index in [1.54, 1.807) is 0 Å². The second-order valence-corrected chi connectivity index (χ2v) is 11.8. The summed E-state index contributed by atoms with van der Waals surface area (Å²) in [6.45, 7) is 0. The first-order valence-corrected chi connectivity index (χ1v) is 13.3. The molecule has 0 aliphatic carbocycles. The Labute approximate surface area is 245 Å². The van der Waals surface area contributed by atoms with Gasteiger partial charge in [0.05, 0.1) is 10.4 Å². The van der Waals surface area contributed by atoms with Crippen molar-refractivity contribution in [1.29, 1.82) is 0 Å². The molecule has 252 valence electrons. The van der Waals surface area contributed by atoms with Crippen LogP contribution in [-0.4, -0.2) is 8.40 Å². The molecular weight excluding hydrogens is 724 g/mol. The van der Waals surface area contributed by atoms with E-state index in [9.17, 15) is 70.2 Å². The zero-order chi connectivity index (χ0) is 35.8. The summed E-state index contributed by atoms with van der Waals surface area (Å²) < 4.78 is 290. The van der Waals surface area contributed by atoms with E-state index < -0.39 is 146 Å². The van der Waals surface area contributed by atoms with Crippen molar-refractivity contribution in [3.8, 4) is 0 Å². The molecule has 0 saturated carbocycles. The first kappa shape index (κ1) is 35.2. The summed E-state index contributed by atoms with van der Waals surface area (Å²) >= 11 is 0. The minimum Gasteiger partial charge on any atom is -0.382 e. The second kappa shape index (κ2) is 11.8. The Bertz CT molecular complexity index is 1760. The molecule has 4 rings (SSSR count). The van der Waals surface area contributed by atoms with E-state index >= 15 is 17.6 Å². The van der Waals surface area contributed by atoms with Gasteiger partial charge in [0, 0.05) is 0 Å². The molecule has 0 amide bonds. The third-order valence-corrected chi connectivity index (χ3v) is 9.84. The number of nitrogens with one attached hydrogen (secondary N) is 2. The van der Waals surface area contributed by atoms with Crippen molar-refractivity contribution in [3.05, 3.63) is 116 Å². The van der Waals surface area contributed by atoms with Gasteiger partial charge in [-0.2, -0.15) is 0 Å². The summed E-state index contributed by atoms with van der Waals surface area (Å²) in [5, 5.41) is -6.27. The SMILES string of the molecule is Fc1c(F)c(F)c(N[Si](Nc2c(F)c(F)c(F)c(F)c2F)(c2c(F)c(F)c(F)c(F)c2F)c2c(F)c(F)c(F)c(F)c2F)c(F)c1F. The molecule has 2 nitrogen and oxygen atoms in total. The average Bonchev–Trinajstić information content (AvgIpc) is 3.04. The maximum absolute atomic E-state index is 15.3. The van der Waals surface area contributed by atoms with Gasteiger partial charge in [0.1, 0.15) is 11.4 Å². The summed E-state index contributed by atoms with van der Waals surface area (Å²) in [4.78, 5) is 1.25. The predicted molar refractivity (Wildman–Crippen MR) is 117 cm³/mol. The number of halogens is 20. The lowest BCUT2D eigenvalue weighted by atomic mass is 10.2. The molecule has 0 aliphatic heterocycles. The van der Waals surface area contributed by atoms with Crippen LogP contribution in [0.1, 0.15) is 0 Å². The molecular formula is C24H2F20N2Si. The van der Waals surface area contributed by atoms with Crippen LogP contribution in [-0.2, 0) is 0 Å².